The van der Waals surface area contributed by atoms with Gasteiger partial charge in [0.05, 0.1) is 8.07 Å². The molecule has 0 aromatic carbocycles. The fraction of sp³-hybridized carbons (Fsp3) is 1.00. The molecule has 1 fully saturated rings. The van der Waals surface area contributed by atoms with E-state index in [2.05, 4.69) is 25.0 Å². The standard InChI is InChI=1S/C8H18NSi/c1-10(2,3)8-6-4-5-7-9-8/h8H,4-7H2,1-3H3. The molecule has 10 heavy (non-hydrogen) atoms. The summed E-state index contributed by atoms with van der Waals surface area (Å²) in [6, 6.07) is 0. The molecule has 1 aliphatic heterocycles. The Morgan fingerprint density at radius 2 is 1.90 bits per heavy atom. The molecule has 1 nitrogen and oxygen atoms in total. The van der Waals surface area contributed by atoms with Crippen LogP contribution in [0.25, 0.3) is 0 Å². The molecule has 1 heterocycles. The van der Waals surface area contributed by atoms with E-state index in [-0.39, 0.29) is 0 Å². The Morgan fingerprint density at radius 3 is 2.20 bits per heavy atom. The molecule has 2 heteroatoms. The van der Waals surface area contributed by atoms with Crippen molar-refractivity contribution in [3.05, 3.63) is 0 Å². The summed E-state index contributed by atoms with van der Waals surface area (Å²) in [5.74, 6) is 0. The Morgan fingerprint density at radius 1 is 1.20 bits per heavy atom. The van der Waals surface area contributed by atoms with E-state index >= 15 is 0 Å². The lowest BCUT2D eigenvalue weighted by Gasteiger charge is -2.31. The quantitative estimate of drug-likeness (QED) is 0.516. The average Bonchev–Trinajstić information content (AvgIpc) is 1.88. The molecule has 0 bridgehead atoms. The van der Waals surface area contributed by atoms with Gasteiger partial charge in [-0.2, -0.15) is 0 Å². The lowest BCUT2D eigenvalue weighted by Crippen LogP contribution is -2.47. The zero-order chi connectivity index (χ0) is 7.61. The summed E-state index contributed by atoms with van der Waals surface area (Å²) in [5, 5.41) is 4.66. The summed E-state index contributed by atoms with van der Waals surface area (Å²) in [5.41, 5.74) is 0.765. The van der Waals surface area contributed by atoms with Crippen LogP contribution >= 0.6 is 0 Å². The van der Waals surface area contributed by atoms with E-state index in [1.807, 2.05) is 0 Å². The maximum absolute atomic E-state index is 4.66. The van der Waals surface area contributed by atoms with Gasteiger partial charge in [-0.1, -0.05) is 26.1 Å². The lowest BCUT2D eigenvalue weighted by molar-refractivity contribution is 0.464. The minimum absolute atomic E-state index is 0.765. The molecule has 0 spiro atoms. The molecule has 0 amide bonds. The van der Waals surface area contributed by atoms with Gasteiger partial charge in [0.25, 0.3) is 0 Å². The molecule has 0 aliphatic carbocycles. The first-order valence-electron chi connectivity index (χ1n) is 4.27. The van der Waals surface area contributed by atoms with Crippen molar-refractivity contribution in [2.24, 2.45) is 0 Å². The predicted octanol–water partition coefficient (Wildman–Crippen LogP) is 2.02. The fourth-order valence-corrected chi connectivity index (χ4v) is 3.24. The van der Waals surface area contributed by atoms with Crippen molar-refractivity contribution in [1.29, 1.82) is 0 Å². The molecule has 1 radical (unpaired) electrons. The molecule has 0 aromatic rings. The summed E-state index contributed by atoms with van der Waals surface area (Å²) < 4.78 is 0. The number of hydrogen-bond acceptors (Lipinski definition) is 0. The van der Waals surface area contributed by atoms with Crippen molar-refractivity contribution in [3.63, 3.8) is 0 Å². The van der Waals surface area contributed by atoms with E-state index in [0.29, 0.717) is 0 Å². The van der Waals surface area contributed by atoms with E-state index in [1.165, 1.54) is 19.3 Å². The van der Waals surface area contributed by atoms with Crippen molar-refractivity contribution < 1.29 is 0 Å². The second-order valence-corrected chi connectivity index (χ2v) is 9.68. The van der Waals surface area contributed by atoms with Gasteiger partial charge in [0.1, 0.15) is 0 Å². The Kier molecular flexibility index (Phi) is 2.53. The van der Waals surface area contributed by atoms with Gasteiger partial charge in [-0.05, 0) is 12.8 Å². The first-order chi connectivity index (χ1) is 4.61. The van der Waals surface area contributed by atoms with Gasteiger partial charge in [0, 0.05) is 12.2 Å². The van der Waals surface area contributed by atoms with E-state index in [1.54, 1.807) is 0 Å². The van der Waals surface area contributed by atoms with Crippen molar-refractivity contribution in [1.82, 2.24) is 5.32 Å². The van der Waals surface area contributed by atoms with Crippen LogP contribution in [-0.4, -0.2) is 20.3 Å². The Labute approximate surface area is 65.2 Å². The van der Waals surface area contributed by atoms with Gasteiger partial charge >= 0.3 is 0 Å². The van der Waals surface area contributed by atoms with Crippen molar-refractivity contribution in [3.8, 4) is 0 Å². The van der Waals surface area contributed by atoms with Crippen LogP contribution in [0.5, 0.6) is 0 Å². The van der Waals surface area contributed by atoms with Crippen molar-refractivity contribution in [2.75, 3.05) is 6.54 Å². The normalized spacial score (nSPS) is 28.5. The van der Waals surface area contributed by atoms with Crippen LogP contribution in [0, 0.1) is 0 Å². The van der Waals surface area contributed by atoms with E-state index in [0.717, 1.165) is 12.2 Å². The second kappa shape index (κ2) is 3.05. The van der Waals surface area contributed by atoms with E-state index in [9.17, 15) is 0 Å². The van der Waals surface area contributed by atoms with Crippen molar-refractivity contribution in [2.45, 2.75) is 44.6 Å². The Balaban J connectivity index is 2.39. The number of hydrogen-bond donors (Lipinski definition) is 0. The molecule has 0 aromatic heterocycles. The Bertz CT molecular complexity index is 100. The highest BCUT2D eigenvalue weighted by Crippen LogP contribution is 2.18. The summed E-state index contributed by atoms with van der Waals surface area (Å²) in [4.78, 5) is 0. The van der Waals surface area contributed by atoms with Gasteiger partial charge in [-0.25, -0.2) is 5.32 Å². The third kappa shape index (κ3) is 2.10. The molecule has 1 rings (SSSR count). The van der Waals surface area contributed by atoms with Gasteiger partial charge in [0.2, 0.25) is 0 Å². The van der Waals surface area contributed by atoms with Crippen LogP contribution < -0.4 is 5.32 Å². The summed E-state index contributed by atoms with van der Waals surface area (Å²) in [7, 11) is -0.923. The summed E-state index contributed by atoms with van der Waals surface area (Å²) in [6.45, 7) is 8.40. The predicted molar refractivity (Wildman–Crippen MR) is 48.0 cm³/mol. The molecule has 59 valence electrons. The van der Waals surface area contributed by atoms with Crippen LogP contribution in [0.15, 0.2) is 0 Å². The zero-order valence-electron chi connectivity index (χ0n) is 7.35. The minimum Gasteiger partial charge on any atom is -0.242 e. The Hall–Kier alpha value is 0.177. The van der Waals surface area contributed by atoms with Crippen LogP contribution in [0.1, 0.15) is 19.3 Å². The number of rotatable bonds is 1. The SMILES string of the molecule is C[Si](C)(C)C1CCCC[N]1. The fourth-order valence-electron chi connectivity index (χ4n) is 1.49. The lowest BCUT2D eigenvalue weighted by atomic mass is 10.2. The molecular weight excluding hydrogens is 138 g/mol. The number of piperidine rings is 1. The van der Waals surface area contributed by atoms with E-state index in [4.69, 9.17) is 0 Å². The van der Waals surface area contributed by atoms with Crippen LogP contribution in [0.2, 0.25) is 19.6 Å². The van der Waals surface area contributed by atoms with E-state index < -0.39 is 8.07 Å². The van der Waals surface area contributed by atoms with Gasteiger partial charge < -0.3 is 0 Å². The van der Waals surface area contributed by atoms with Crippen LogP contribution in [-0.2, 0) is 0 Å². The largest absolute Gasteiger partial charge is 0.242 e. The topological polar surface area (TPSA) is 14.1 Å². The van der Waals surface area contributed by atoms with Gasteiger partial charge in [0.15, 0.2) is 0 Å². The first kappa shape index (κ1) is 8.28. The van der Waals surface area contributed by atoms with Gasteiger partial charge in [-0.3, -0.25) is 0 Å². The first-order valence-corrected chi connectivity index (χ1v) is 7.85. The molecular formula is C8H18NSi. The highest BCUT2D eigenvalue weighted by molar-refractivity contribution is 6.77. The number of nitrogens with zero attached hydrogens (tertiary/aromatic N) is 1. The van der Waals surface area contributed by atoms with Crippen molar-refractivity contribution >= 4 is 8.07 Å². The molecule has 1 atom stereocenters. The molecule has 1 aliphatic rings. The average molecular weight is 156 g/mol. The molecule has 0 saturated carbocycles. The molecule has 0 N–H and O–H groups in total. The maximum atomic E-state index is 4.66. The third-order valence-corrected chi connectivity index (χ3v) is 4.71. The minimum atomic E-state index is -0.923. The van der Waals surface area contributed by atoms with Gasteiger partial charge in [-0.15, -0.1) is 0 Å². The van der Waals surface area contributed by atoms with Crippen LogP contribution in [0.4, 0.5) is 0 Å². The smallest absolute Gasteiger partial charge is 0.0657 e. The second-order valence-electron chi connectivity index (χ2n) is 4.28. The maximum Gasteiger partial charge on any atom is 0.0657 e. The monoisotopic (exact) mass is 156 g/mol. The highest BCUT2D eigenvalue weighted by Gasteiger charge is 2.28. The molecule has 1 saturated heterocycles. The zero-order valence-corrected chi connectivity index (χ0v) is 8.35. The molecule has 1 unspecified atom stereocenters. The third-order valence-electron chi connectivity index (χ3n) is 2.23. The summed E-state index contributed by atoms with van der Waals surface area (Å²) in [6.07, 6.45) is 4.12. The highest BCUT2D eigenvalue weighted by atomic mass is 28.3. The van der Waals surface area contributed by atoms with Crippen LogP contribution in [0.3, 0.4) is 0 Å². The summed E-state index contributed by atoms with van der Waals surface area (Å²) >= 11 is 0.